The average molecular weight is 326 g/mol. The van der Waals surface area contributed by atoms with Gasteiger partial charge in [-0.1, -0.05) is 12.1 Å². The molecule has 2 aromatic rings. The zero-order valence-corrected chi connectivity index (χ0v) is 13.8. The van der Waals surface area contributed by atoms with Gasteiger partial charge in [0.1, 0.15) is 18.0 Å². The third-order valence-electron chi connectivity index (χ3n) is 3.06. The van der Waals surface area contributed by atoms with Crippen molar-refractivity contribution in [1.29, 1.82) is 0 Å². The van der Waals surface area contributed by atoms with E-state index in [2.05, 4.69) is 10.1 Å². The topological polar surface area (TPSA) is 68.1 Å². The molecule has 6 nitrogen and oxygen atoms in total. The molecule has 0 unspecified atom stereocenters. The fourth-order valence-corrected chi connectivity index (χ4v) is 2.95. The smallest absolute Gasteiger partial charge is 0.232 e. The fourth-order valence-electron chi connectivity index (χ4n) is 2.10. The van der Waals surface area contributed by atoms with Gasteiger partial charge in [-0.3, -0.25) is 4.31 Å². The highest BCUT2D eigenvalue weighted by atomic mass is 32.2. The van der Waals surface area contributed by atoms with Crippen LogP contribution in [0.4, 0.5) is 10.1 Å². The molecule has 0 bridgehead atoms. The van der Waals surface area contributed by atoms with E-state index in [-0.39, 0.29) is 17.8 Å². The van der Waals surface area contributed by atoms with Crippen LogP contribution in [0.25, 0.3) is 0 Å². The number of nitrogens with zero attached hydrogens (tertiary/aromatic N) is 4. The molecule has 0 spiro atoms. The van der Waals surface area contributed by atoms with E-state index in [4.69, 9.17) is 0 Å². The predicted molar refractivity (Wildman–Crippen MR) is 82.4 cm³/mol. The van der Waals surface area contributed by atoms with Gasteiger partial charge in [0.2, 0.25) is 10.0 Å². The number of hydrogen-bond donors (Lipinski definition) is 0. The minimum absolute atomic E-state index is 0.00606. The van der Waals surface area contributed by atoms with Crippen molar-refractivity contribution in [3.63, 3.8) is 0 Å². The van der Waals surface area contributed by atoms with Crippen molar-refractivity contribution in [3.05, 3.63) is 42.2 Å². The van der Waals surface area contributed by atoms with Gasteiger partial charge >= 0.3 is 0 Å². The van der Waals surface area contributed by atoms with Crippen LogP contribution in [0.5, 0.6) is 0 Å². The van der Waals surface area contributed by atoms with Gasteiger partial charge < -0.3 is 0 Å². The fraction of sp³-hybridized carbons (Fsp3) is 0.429. The Balaban J connectivity index is 2.47. The SMILES string of the molecule is CC(C)(C)n1ncnc1CN(c1ccccc1F)S(C)(=O)=O. The summed E-state index contributed by atoms with van der Waals surface area (Å²) in [6.45, 7) is 5.70. The standard InChI is InChI=1S/C14H19FN4O2S/c1-14(2,3)19-13(16-10-17-19)9-18(22(4,20)21)12-8-6-5-7-11(12)15/h5-8,10H,9H2,1-4H3. The number of aromatic nitrogens is 3. The summed E-state index contributed by atoms with van der Waals surface area (Å²) in [5.74, 6) is -0.157. The van der Waals surface area contributed by atoms with Gasteiger partial charge in [-0.2, -0.15) is 5.10 Å². The molecule has 0 aliphatic rings. The molecule has 0 saturated carbocycles. The van der Waals surface area contributed by atoms with Crippen molar-refractivity contribution < 1.29 is 12.8 Å². The number of hydrogen-bond acceptors (Lipinski definition) is 4. The average Bonchev–Trinajstić information content (AvgIpc) is 2.84. The quantitative estimate of drug-likeness (QED) is 0.863. The zero-order valence-electron chi connectivity index (χ0n) is 13.0. The lowest BCUT2D eigenvalue weighted by atomic mass is 10.1. The van der Waals surface area contributed by atoms with E-state index in [1.54, 1.807) is 10.7 Å². The second-order valence-electron chi connectivity index (χ2n) is 5.98. The molecule has 0 amide bonds. The number of rotatable bonds is 4. The van der Waals surface area contributed by atoms with E-state index in [9.17, 15) is 12.8 Å². The molecular weight excluding hydrogens is 307 g/mol. The molecule has 0 atom stereocenters. The van der Waals surface area contributed by atoms with Gasteiger partial charge in [-0.05, 0) is 32.9 Å². The minimum Gasteiger partial charge on any atom is -0.260 e. The summed E-state index contributed by atoms with van der Waals surface area (Å²) in [4.78, 5) is 4.11. The third-order valence-corrected chi connectivity index (χ3v) is 4.19. The van der Waals surface area contributed by atoms with Crippen LogP contribution in [-0.2, 0) is 22.1 Å². The normalized spacial score (nSPS) is 12.4. The van der Waals surface area contributed by atoms with E-state index in [1.165, 1.54) is 24.5 Å². The number of para-hydroxylation sites is 1. The first-order valence-electron chi connectivity index (χ1n) is 6.72. The molecule has 22 heavy (non-hydrogen) atoms. The zero-order chi connectivity index (χ0) is 16.5. The summed E-state index contributed by atoms with van der Waals surface area (Å²) in [6.07, 6.45) is 2.40. The van der Waals surface area contributed by atoms with Gasteiger partial charge in [0.25, 0.3) is 0 Å². The summed E-state index contributed by atoms with van der Waals surface area (Å²) in [5.41, 5.74) is -0.363. The molecule has 8 heteroatoms. The molecule has 1 aromatic heterocycles. The molecule has 0 aliphatic carbocycles. The highest BCUT2D eigenvalue weighted by Gasteiger charge is 2.25. The van der Waals surface area contributed by atoms with Gasteiger partial charge in [-0.25, -0.2) is 22.5 Å². The van der Waals surface area contributed by atoms with Crippen LogP contribution in [0.2, 0.25) is 0 Å². The number of halogens is 1. The molecule has 0 fully saturated rings. The van der Waals surface area contributed by atoms with Crippen LogP contribution in [0.15, 0.2) is 30.6 Å². The monoisotopic (exact) mass is 326 g/mol. The molecule has 1 heterocycles. The summed E-state index contributed by atoms with van der Waals surface area (Å²) in [5, 5.41) is 4.13. The lowest BCUT2D eigenvalue weighted by Gasteiger charge is -2.26. The molecule has 1 aromatic carbocycles. The van der Waals surface area contributed by atoms with Crippen molar-refractivity contribution in [2.24, 2.45) is 0 Å². The Morgan fingerprint density at radius 3 is 2.45 bits per heavy atom. The summed E-state index contributed by atoms with van der Waals surface area (Å²) >= 11 is 0. The minimum atomic E-state index is -3.67. The first kappa shape index (κ1) is 16.4. The molecule has 0 N–H and O–H groups in total. The van der Waals surface area contributed by atoms with Gasteiger partial charge in [0.15, 0.2) is 0 Å². The van der Waals surface area contributed by atoms with Crippen molar-refractivity contribution in [1.82, 2.24) is 14.8 Å². The number of anilines is 1. The van der Waals surface area contributed by atoms with E-state index < -0.39 is 15.8 Å². The van der Waals surface area contributed by atoms with Crippen molar-refractivity contribution >= 4 is 15.7 Å². The van der Waals surface area contributed by atoms with E-state index in [0.717, 1.165) is 10.6 Å². The van der Waals surface area contributed by atoms with Gasteiger partial charge in [0, 0.05) is 0 Å². The maximum absolute atomic E-state index is 14.0. The summed E-state index contributed by atoms with van der Waals surface area (Å²) in [6, 6.07) is 5.75. The lowest BCUT2D eigenvalue weighted by molar-refractivity contribution is 0.341. The Morgan fingerprint density at radius 2 is 1.91 bits per heavy atom. The second-order valence-corrected chi connectivity index (χ2v) is 7.89. The Hall–Kier alpha value is -1.96. The lowest BCUT2D eigenvalue weighted by Crippen LogP contribution is -2.34. The van der Waals surface area contributed by atoms with E-state index >= 15 is 0 Å². The molecule has 0 aliphatic heterocycles. The van der Waals surface area contributed by atoms with Crippen LogP contribution in [-0.4, -0.2) is 29.4 Å². The predicted octanol–water partition coefficient (Wildman–Crippen LogP) is 2.14. The largest absolute Gasteiger partial charge is 0.260 e. The van der Waals surface area contributed by atoms with Gasteiger partial charge in [0.05, 0.1) is 24.0 Å². The second kappa shape index (κ2) is 5.68. The van der Waals surface area contributed by atoms with E-state index in [0.29, 0.717) is 5.82 Å². The molecule has 2 rings (SSSR count). The van der Waals surface area contributed by atoms with E-state index in [1.807, 2.05) is 20.8 Å². The third kappa shape index (κ3) is 3.44. The first-order valence-corrected chi connectivity index (χ1v) is 8.57. The van der Waals surface area contributed by atoms with Crippen molar-refractivity contribution in [2.75, 3.05) is 10.6 Å². The first-order chi connectivity index (χ1) is 10.1. The number of benzene rings is 1. The Kier molecular flexibility index (Phi) is 4.23. The van der Waals surface area contributed by atoms with Crippen molar-refractivity contribution in [2.45, 2.75) is 32.9 Å². The van der Waals surface area contributed by atoms with Crippen LogP contribution >= 0.6 is 0 Å². The Bertz CT molecular complexity index is 765. The van der Waals surface area contributed by atoms with Crippen LogP contribution in [0.1, 0.15) is 26.6 Å². The number of sulfonamides is 1. The van der Waals surface area contributed by atoms with Crippen molar-refractivity contribution in [3.8, 4) is 0 Å². The Labute approximate surface area is 129 Å². The molecular formula is C14H19FN4O2S. The highest BCUT2D eigenvalue weighted by Crippen LogP contribution is 2.24. The van der Waals surface area contributed by atoms with Crippen LogP contribution in [0, 0.1) is 5.82 Å². The maximum atomic E-state index is 14.0. The van der Waals surface area contributed by atoms with Crippen LogP contribution in [0.3, 0.4) is 0 Å². The molecule has 0 saturated heterocycles. The highest BCUT2D eigenvalue weighted by molar-refractivity contribution is 7.92. The maximum Gasteiger partial charge on any atom is 0.232 e. The summed E-state index contributed by atoms with van der Waals surface area (Å²) in [7, 11) is -3.67. The van der Waals surface area contributed by atoms with Crippen LogP contribution < -0.4 is 4.31 Å². The van der Waals surface area contributed by atoms with Gasteiger partial charge in [-0.15, -0.1) is 0 Å². The summed E-state index contributed by atoms with van der Waals surface area (Å²) < 4.78 is 40.8. The molecule has 120 valence electrons. The Morgan fingerprint density at radius 1 is 1.27 bits per heavy atom. The molecule has 0 radical (unpaired) electrons.